The van der Waals surface area contributed by atoms with E-state index in [1.54, 1.807) is 0 Å². The predicted octanol–water partition coefficient (Wildman–Crippen LogP) is 4.30. The van der Waals surface area contributed by atoms with Gasteiger partial charge in [0, 0.05) is 5.54 Å². The molecule has 2 nitrogen and oxygen atoms in total. The van der Waals surface area contributed by atoms with Crippen LogP contribution in [0.5, 0.6) is 0 Å². The summed E-state index contributed by atoms with van der Waals surface area (Å²) in [6.07, 6.45) is 8.34. The van der Waals surface area contributed by atoms with E-state index in [0.29, 0.717) is 0 Å². The second kappa shape index (κ2) is 9.04. The maximum atomic E-state index is 3.57. The molecule has 2 heteroatoms. The predicted molar refractivity (Wildman–Crippen MR) is 90.2 cm³/mol. The molecule has 1 atom stereocenters. The molecule has 0 aromatic rings. The van der Waals surface area contributed by atoms with E-state index in [4.69, 9.17) is 0 Å². The summed E-state index contributed by atoms with van der Waals surface area (Å²) in [6.45, 7) is 16.7. The largest absolute Gasteiger partial charge is 0.312 e. The molecular formula is C18H38N2. The van der Waals surface area contributed by atoms with Gasteiger partial charge in [0.15, 0.2) is 0 Å². The Morgan fingerprint density at radius 3 is 2.45 bits per heavy atom. The van der Waals surface area contributed by atoms with Gasteiger partial charge < -0.3 is 10.2 Å². The lowest BCUT2D eigenvalue weighted by Gasteiger charge is -2.22. The van der Waals surface area contributed by atoms with Crippen LogP contribution in [0.15, 0.2) is 0 Å². The van der Waals surface area contributed by atoms with Gasteiger partial charge in [0.1, 0.15) is 0 Å². The molecule has 0 radical (unpaired) electrons. The third-order valence-electron chi connectivity index (χ3n) is 4.61. The Morgan fingerprint density at radius 1 is 1.05 bits per heavy atom. The number of rotatable bonds is 7. The highest BCUT2D eigenvalue weighted by molar-refractivity contribution is 4.73. The van der Waals surface area contributed by atoms with Gasteiger partial charge >= 0.3 is 0 Å². The smallest absolute Gasteiger partial charge is 0.00965 e. The van der Waals surface area contributed by atoms with E-state index in [1.807, 2.05) is 0 Å². The molecule has 0 aromatic carbocycles. The minimum Gasteiger partial charge on any atom is -0.312 e. The lowest BCUT2D eigenvalue weighted by molar-refractivity contribution is 0.265. The third kappa shape index (κ3) is 8.26. The van der Waals surface area contributed by atoms with Crippen molar-refractivity contribution in [1.82, 2.24) is 10.2 Å². The Hall–Kier alpha value is -0.0800. The minimum atomic E-state index is 0.274. The van der Waals surface area contributed by atoms with Gasteiger partial charge in [-0.3, -0.25) is 0 Å². The second-order valence-corrected chi connectivity index (χ2v) is 8.01. The third-order valence-corrected chi connectivity index (χ3v) is 4.61. The Kier molecular flexibility index (Phi) is 8.13. The molecule has 0 amide bonds. The second-order valence-electron chi connectivity index (χ2n) is 8.01. The first-order valence-electron chi connectivity index (χ1n) is 8.86. The van der Waals surface area contributed by atoms with Gasteiger partial charge in [-0.2, -0.15) is 0 Å². The van der Waals surface area contributed by atoms with E-state index in [-0.39, 0.29) is 5.54 Å². The minimum absolute atomic E-state index is 0.274. The topological polar surface area (TPSA) is 15.3 Å². The zero-order chi connectivity index (χ0) is 15.0. The van der Waals surface area contributed by atoms with E-state index in [1.165, 1.54) is 64.7 Å². The SMILES string of the molecule is CC(C)C1CCCN(CCCCCNC(C)(C)C)CC1. The number of unbranched alkanes of at least 4 members (excludes halogenated alkanes) is 2. The number of hydrogen-bond donors (Lipinski definition) is 1. The van der Waals surface area contributed by atoms with Crippen molar-refractivity contribution in [3.05, 3.63) is 0 Å². The van der Waals surface area contributed by atoms with Crippen molar-refractivity contribution in [2.24, 2.45) is 11.8 Å². The van der Waals surface area contributed by atoms with Gasteiger partial charge in [-0.15, -0.1) is 0 Å². The molecule has 1 aliphatic rings. The lowest BCUT2D eigenvalue weighted by Crippen LogP contribution is -2.36. The summed E-state index contributed by atoms with van der Waals surface area (Å²) in [5, 5.41) is 3.57. The molecule has 0 aromatic heterocycles. The molecule has 0 bridgehead atoms. The van der Waals surface area contributed by atoms with Gasteiger partial charge in [0.05, 0.1) is 0 Å². The van der Waals surface area contributed by atoms with Crippen LogP contribution in [0.1, 0.15) is 73.1 Å². The van der Waals surface area contributed by atoms with E-state index >= 15 is 0 Å². The fraction of sp³-hybridized carbons (Fsp3) is 1.00. The van der Waals surface area contributed by atoms with Crippen molar-refractivity contribution in [3.8, 4) is 0 Å². The summed E-state index contributed by atoms with van der Waals surface area (Å²) in [5.41, 5.74) is 0.274. The van der Waals surface area contributed by atoms with Crippen molar-refractivity contribution in [2.45, 2.75) is 78.7 Å². The molecule has 120 valence electrons. The summed E-state index contributed by atoms with van der Waals surface area (Å²) >= 11 is 0. The van der Waals surface area contributed by atoms with Crippen LogP contribution in [0, 0.1) is 11.8 Å². The zero-order valence-corrected chi connectivity index (χ0v) is 14.7. The zero-order valence-electron chi connectivity index (χ0n) is 14.7. The van der Waals surface area contributed by atoms with Crippen molar-refractivity contribution in [3.63, 3.8) is 0 Å². The normalized spacial score (nSPS) is 22.2. The Morgan fingerprint density at radius 2 is 1.80 bits per heavy atom. The molecule has 1 rings (SSSR count). The first kappa shape index (κ1) is 18.0. The van der Waals surface area contributed by atoms with Crippen molar-refractivity contribution < 1.29 is 0 Å². The van der Waals surface area contributed by atoms with Gasteiger partial charge in [-0.25, -0.2) is 0 Å². The van der Waals surface area contributed by atoms with Crippen LogP contribution in [-0.4, -0.2) is 36.6 Å². The first-order chi connectivity index (χ1) is 9.38. The summed E-state index contributed by atoms with van der Waals surface area (Å²) < 4.78 is 0. The Balaban J connectivity index is 2.05. The molecule has 1 saturated heterocycles. The fourth-order valence-electron chi connectivity index (χ4n) is 3.17. The van der Waals surface area contributed by atoms with Crippen LogP contribution in [0.3, 0.4) is 0 Å². The molecule has 1 unspecified atom stereocenters. The van der Waals surface area contributed by atoms with Crippen molar-refractivity contribution >= 4 is 0 Å². The van der Waals surface area contributed by atoms with Crippen LogP contribution in [0.4, 0.5) is 0 Å². The fourth-order valence-corrected chi connectivity index (χ4v) is 3.17. The monoisotopic (exact) mass is 282 g/mol. The van der Waals surface area contributed by atoms with Gasteiger partial charge in [0.2, 0.25) is 0 Å². The number of likely N-dealkylation sites (tertiary alicyclic amines) is 1. The van der Waals surface area contributed by atoms with Crippen LogP contribution in [0.2, 0.25) is 0 Å². The highest BCUT2D eigenvalue weighted by Crippen LogP contribution is 2.24. The molecule has 1 fully saturated rings. The Labute approximate surface area is 127 Å². The molecule has 0 spiro atoms. The highest BCUT2D eigenvalue weighted by Gasteiger charge is 2.18. The number of hydrogen-bond acceptors (Lipinski definition) is 2. The molecule has 0 aliphatic carbocycles. The molecule has 1 aliphatic heterocycles. The first-order valence-corrected chi connectivity index (χ1v) is 8.86. The van der Waals surface area contributed by atoms with E-state index in [2.05, 4.69) is 44.8 Å². The van der Waals surface area contributed by atoms with Crippen molar-refractivity contribution in [2.75, 3.05) is 26.2 Å². The summed E-state index contributed by atoms with van der Waals surface area (Å²) in [4.78, 5) is 2.71. The average Bonchev–Trinajstić information content (AvgIpc) is 2.57. The van der Waals surface area contributed by atoms with Gasteiger partial charge in [0.25, 0.3) is 0 Å². The highest BCUT2D eigenvalue weighted by atomic mass is 15.1. The summed E-state index contributed by atoms with van der Waals surface area (Å²) in [5.74, 6) is 1.84. The Bertz CT molecular complexity index is 242. The van der Waals surface area contributed by atoms with Crippen LogP contribution >= 0.6 is 0 Å². The maximum absolute atomic E-state index is 3.57. The molecule has 1 heterocycles. The van der Waals surface area contributed by atoms with Crippen LogP contribution in [-0.2, 0) is 0 Å². The lowest BCUT2D eigenvalue weighted by atomic mass is 9.89. The van der Waals surface area contributed by atoms with E-state index in [0.717, 1.165) is 11.8 Å². The molecule has 20 heavy (non-hydrogen) atoms. The number of nitrogens with zero attached hydrogens (tertiary/aromatic N) is 1. The molecular weight excluding hydrogens is 244 g/mol. The van der Waals surface area contributed by atoms with Crippen LogP contribution in [0.25, 0.3) is 0 Å². The van der Waals surface area contributed by atoms with Crippen LogP contribution < -0.4 is 5.32 Å². The van der Waals surface area contributed by atoms with Gasteiger partial charge in [-0.05, 0) is 90.9 Å². The average molecular weight is 283 g/mol. The molecule has 1 N–H and O–H groups in total. The standard InChI is InChI=1S/C18H38N2/c1-16(2)17-10-9-14-20(15-11-17)13-8-6-7-12-19-18(3,4)5/h16-17,19H,6-15H2,1-5H3. The molecule has 0 saturated carbocycles. The summed E-state index contributed by atoms with van der Waals surface area (Å²) in [7, 11) is 0. The maximum Gasteiger partial charge on any atom is 0.00965 e. The van der Waals surface area contributed by atoms with E-state index in [9.17, 15) is 0 Å². The number of nitrogens with one attached hydrogen (secondary N) is 1. The quantitative estimate of drug-likeness (QED) is 0.700. The van der Waals surface area contributed by atoms with Crippen molar-refractivity contribution in [1.29, 1.82) is 0 Å². The van der Waals surface area contributed by atoms with E-state index < -0.39 is 0 Å². The van der Waals surface area contributed by atoms with Gasteiger partial charge in [-0.1, -0.05) is 20.3 Å². The summed E-state index contributed by atoms with van der Waals surface area (Å²) in [6, 6.07) is 0.